The van der Waals surface area contributed by atoms with Gasteiger partial charge in [0.15, 0.2) is 0 Å². The number of anilines is 1. The van der Waals surface area contributed by atoms with Crippen LogP contribution >= 0.6 is 0 Å². The van der Waals surface area contributed by atoms with Crippen molar-refractivity contribution in [3.8, 4) is 5.75 Å². The molecular weight excluding hydrogens is 264 g/mol. The summed E-state index contributed by atoms with van der Waals surface area (Å²) in [6.07, 6.45) is 0. The molecule has 2 rings (SSSR count). The van der Waals surface area contributed by atoms with Crippen LogP contribution in [0.4, 0.5) is 11.4 Å². The molecule has 110 valence electrons. The predicted molar refractivity (Wildman–Crippen MR) is 84.6 cm³/mol. The lowest BCUT2D eigenvalue weighted by Gasteiger charge is -2.20. The predicted octanol–water partition coefficient (Wildman–Crippen LogP) is 2.78. The summed E-state index contributed by atoms with van der Waals surface area (Å²) in [6.45, 7) is 6.93. The van der Waals surface area contributed by atoms with Gasteiger partial charge in [0.2, 0.25) is 0 Å². The molecule has 0 bridgehead atoms. The molecular formula is C17H21N2O2+. The Morgan fingerprint density at radius 2 is 1.90 bits per heavy atom. The molecule has 0 aliphatic rings. The Bertz CT molecular complexity index is 645. The SMILES string of the molecule is CC(C)(C)c1ccc(O)c(NCc2cccc([NH+]=O)c2)c1. The number of nitroso groups, excluding NO2 is 1. The van der Waals surface area contributed by atoms with E-state index in [2.05, 4.69) is 26.1 Å². The fraction of sp³-hybridized carbons (Fsp3) is 0.294. The van der Waals surface area contributed by atoms with Gasteiger partial charge in [-0.25, -0.2) is 0 Å². The minimum absolute atomic E-state index is 0.0243. The molecule has 0 aromatic heterocycles. The molecule has 0 atom stereocenters. The first kappa shape index (κ1) is 15.0. The smallest absolute Gasteiger partial charge is 0.253 e. The van der Waals surface area contributed by atoms with Crippen molar-refractivity contribution in [1.29, 1.82) is 0 Å². The molecule has 0 aliphatic heterocycles. The van der Waals surface area contributed by atoms with Crippen LogP contribution in [0.1, 0.15) is 31.9 Å². The van der Waals surface area contributed by atoms with Gasteiger partial charge in [0, 0.05) is 28.8 Å². The van der Waals surface area contributed by atoms with E-state index in [4.69, 9.17) is 0 Å². The van der Waals surface area contributed by atoms with Crippen LogP contribution in [-0.2, 0) is 12.0 Å². The molecule has 4 heteroatoms. The molecule has 0 saturated heterocycles. The standard InChI is InChI=1S/C17H20N2O2/c1-17(2,3)13-7-8-16(20)15(10-13)18-11-12-5-4-6-14(9-12)19-21/h4-10,18,20H,11H2,1-3H3/p+1. The lowest BCUT2D eigenvalue weighted by molar-refractivity contribution is -0.379. The third-order valence-electron chi connectivity index (χ3n) is 3.39. The average molecular weight is 285 g/mol. The van der Waals surface area contributed by atoms with Gasteiger partial charge in [-0.3, -0.25) is 0 Å². The summed E-state index contributed by atoms with van der Waals surface area (Å²) in [5, 5.41) is 15.0. The van der Waals surface area contributed by atoms with Gasteiger partial charge < -0.3 is 10.4 Å². The first-order valence-electron chi connectivity index (χ1n) is 6.94. The summed E-state index contributed by atoms with van der Waals surface area (Å²) in [7, 11) is 0. The summed E-state index contributed by atoms with van der Waals surface area (Å²) in [4.78, 5) is 10.7. The van der Waals surface area contributed by atoms with Gasteiger partial charge in [-0.2, -0.15) is 0 Å². The van der Waals surface area contributed by atoms with Crippen LogP contribution in [0.25, 0.3) is 0 Å². The van der Waals surface area contributed by atoms with E-state index >= 15 is 0 Å². The van der Waals surface area contributed by atoms with Crippen molar-refractivity contribution in [1.82, 2.24) is 0 Å². The summed E-state index contributed by atoms with van der Waals surface area (Å²) in [5.41, 5.74) is 3.37. The van der Waals surface area contributed by atoms with Gasteiger partial charge >= 0.3 is 0 Å². The molecule has 0 unspecified atom stereocenters. The fourth-order valence-corrected chi connectivity index (χ4v) is 2.09. The largest absolute Gasteiger partial charge is 0.506 e. The molecule has 0 aliphatic carbocycles. The van der Waals surface area contributed by atoms with Gasteiger partial charge in [0.05, 0.1) is 5.69 Å². The van der Waals surface area contributed by atoms with Crippen molar-refractivity contribution < 1.29 is 10.3 Å². The molecule has 0 fully saturated rings. The summed E-state index contributed by atoms with van der Waals surface area (Å²) < 4.78 is 0. The maximum atomic E-state index is 10.7. The maximum Gasteiger partial charge on any atom is 0.253 e. The second-order valence-corrected chi connectivity index (χ2v) is 6.14. The highest BCUT2D eigenvalue weighted by molar-refractivity contribution is 5.58. The quantitative estimate of drug-likeness (QED) is 0.757. The minimum Gasteiger partial charge on any atom is -0.506 e. The van der Waals surface area contributed by atoms with Crippen LogP contribution in [0.3, 0.4) is 0 Å². The second kappa shape index (κ2) is 5.95. The van der Waals surface area contributed by atoms with Gasteiger partial charge in [-0.15, -0.1) is 0 Å². The van der Waals surface area contributed by atoms with Crippen LogP contribution in [0, 0.1) is 4.91 Å². The second-order valence-electron chi connectivity index (χ2n) is 6.14. The van der Waals surface area contributed by atoms with Crippen LogP contribution < -0.4 is 10.5 Å². The molecule has 2 aromatic carbocycles. The molecule has 4 nitrogen and oxygen atoms in total. The average Bonchev–Trinajstić information content (AvgIpc) is 2.45. The first-order chi connectivity index (χ1) is 9.90. The fourth-order valence-electron chi connectivity index (χ4n) is 2.09. The van der Waals surface area contributed by atoms with E-state index in [0.29, 0.717) is 17.9 Å². The number of hydrogen-bond acceptors (Lipinski definition) is 3. The lowest BCUT2D eigenvalue weighted by atomic mass is 9.87. The first-order valence-corrected chi connectivity index (χ1v) is 6.94. The number of rotatable bonds is 4. The highest BCUT2D eigenvalue weighted by Gasteiger charge is 2.15. The molecule has 3 N–H and O–H groups in total. The molecule has 21 heavy (non-hydrogen) atoms. The summed E-state index contributed by atoms with van der Waals surface area (Å²) in [6, 6.07) is 12.9. The summed E-state index contributed by atoms with van der Waals surface area (Å²) >= 11 is 0. The van der Waals surface area contributed by atoms with Crippen molar-refractivity contribution >= 4 is 11.4 Å². The van der Waals surface area contributed by atoms with E-state index < -0.39 is 0 Å². The van der Waals surface area contributed by atoms with Crippen molar-refractivity contribution in [3.05, 3.63) is 58.5 Å². The third-order valence-corrected chi connectivity index (χ3v) is 3.39. The van der Waals surface area contributed by atoms with E-state index in [0.717, 1.165) is 11.1 Å². The van der Waals surface area contributed by atoms with Crippen molar-refractivity contribution in [2.75, 3.05) is 5.32 Å². The third kappa shape index (κ3) is 3.81. The summed E-state index contributed by atoms with van der Waals surface area (Å²) in [5.74, 6) is 0.223. The van der Waals surface area contributed by atoms with E-state index in [9.17, 15) is 10.0 Å². The Morgan fingerprint density at radius 3 is 2.57 bits per heavy atom. The van der Waals surface area contributed by atoms with Gasteiger partial charge in [-0.1, -0.05) is 39.0 Å². The Hall–Kier alpha value is -2.36. The van der Waals surface area contributed by atoms with Crippen molar-refractivity contribution in [3.63, 3.8) is 0 Å². The molecule has 0 amide bonds. The number of phenols is 1. The van der Waals surface area contributed by atoms with Gasteiger partial charge in [0.25, 0.3) is 5.69 Å². The van der Waals surface area contributed by atoms with Crippen LogP contribution in [0.5, 0.6) is 5.75 Å². The lowest BCUT2D eigenvalue weighted by Crippen LogP contribution is -2.55. The number of benzene rings is 2. The molecule has 0 heterocycles. The van der Waals surface area contributed by atoms with E-state index in [1.807, 2.05) is 29.4 Å². The van der Waals surface area contributed by atoms with Crippen molar-refractivity contribution in [2.45, 2.75) is 32.7 Å². The topological polar surface area (TPSA) is 63.3 Å². The molecule has 0 spiro atoms. The van der Waals surface area contributed by atoms with Gasteiger partial charge in [0.1, 0.15) is 5.75 Å². The zero-order chi connectivity index (χ0) is 15.5. The number of hydrogen-bond donors (Lipinski definition) is 3. The van der Waals surface area contributed by atoms with Crippen molar-refractivity contribution in [2.24, 2.45) is 0 Å². The van der Waals surface area contributed by atoms with Crippen LogP contribution in [-0.4, -0.2) is 5.11 Å². The normalized spacial score (nSPS) is 11.2. The highest BCUT2D eigenvalue weighted by Crippen LogP contribution is 2.30. The highest BCUT2D eigenvalue weighted by atomic mass is 16.3. The van der Waals surface area contributed by atoms with E-state index in [-0.39, 0.29) is 11.2 Å². The number of phenolic OH excluding ortho intramolecular Hbond substituents is 1. The number of nitrogens with one attached hydrogen (secondary N) is 2. The molecule has 2 aromatic rings. The van der Waals surface area contributed by atoms with Gasteiger partial charge in [-0.05, 0) is 28.7 Å². The Kier molecular flexibility index (Phi) is 4.26. The minimum atomic E-state index is 0.0243. The number of aromatic hydroxyl groups is 1. The maximum absolute atomic E-state index is 10.7. The Morgan fingerprint density at radius 1 is 1.14 bits per heavy atom. The van der Waals surface area contributed by atoms with Crippen LogP contribution in [0.2, 0.25) is 0 Å². The molecule has 0 radical (unpaired) electrons. The Labute approximate surface area is 124 Å². The monoisotopic (exact) mass is 285 g/mol. The van der Waals surface area contributed by atoms with E-state index in [1.165, 1.54) is 0 Å². The molecule has 0 saturated carbocycles. The zero-order valence-electron chi connectivity index (χ0n) is 12.6. The van der Waals surface area contributed by atoms with E-state index in [1.54, 1.807) is 18.2 Å². The van der Waals surface area contributed by atoms with Crippen LogP contribution in [0.15, 0.2) is 42.5 Å². The Balaban J connectivity index is 2.17. The zero-order valence-corrected chi connectivity index (χ0v) is 12.6.